The van der Waals surface area contributed by atoms with Crippen LogP contribution in [0.15, 0.2) is 29.3 Å². The van der Waals surface area contributed by atoms with Crippen LogP contribution in [0.1, 0.15) is 39.7 Å². The van der Waals surface area contributed by atoms with Gasteiger partial charge in [0.25, 0.3) is 0 Å². The molecule has 0 atom stereocenters. The van der Waals surface area contributed by atoms with Gasteiger partial charge in [-0.05, 0) is 58.2 Å². The number of amides is 1. The van der Waals surface area contributed by atoms with Crippen LogP contribution >= 0.6 is 0 Å². The molecule has 0 saturated carbocycles. The van der Waals surface area contributed by atoms with Gasteiger partial charge in [-0.3, -0.25) is 9.79 Å². The van der Waals surface area contributed by atoms with E-state index < -0.39 is 0 Å². The molecule has 1 rings (SSSR count). The molecular formula is C19H31FN4O. The molecule has 0 aliphatic rings. The Bertz CT molecular complexity index is 581. The average molecular weight is 350 g/mol. The van der Waals surface area contributed by atoms with Crippen molar-refractivity contribution in [3.8, 4) is 0 Å². The summed E-state index contributed by atoms with van der Waals surface area (Å²) >= 11 is 0. The van der Waals surface area contributed by atoms with E-state index in [1.807, 2.05) is 45.7 Å². The van der Waals surface area contributed by atoms with Gasteiger partial charge in [-0.1, -0.05) is 12.1 Å². The lowest BCUT2D eigenvalue weighted by Gasteiger charge is -2.25. The van der Waals surface area contributed by atoms with Crippen molar-refractivity contribution < 1.29 is 9.18 Å². The van der Waals surface area contributed by atoms with Crippen molar-refractivity contribution >= 4 is 11.9 Å². The molecule has 0 fully saturated rings. The highest BCUT2D eigenvalue weighted by Gasteiger charge is 2.16. The van der Waals surface area contributed by atoms with E-state index in [0.29, 0.717) is 12.5 Å². The topological polar surface area (TPSA) is 56.7 Å². The molecule has 0 aromatic heterocycles. The molecule has 0 radical (unpaired) electrons. The molecule has 0 saturated heterocycles. The predicted molar refractivity (Wildman–Crippen MR) is 101 cm³/mol. The summed E-state index contributed by atoms with van der Waals surface area (Å²) in [7, 11) is 1.84. The quantitative estimate of drug-likeness (QED) is 0.451. The first kappa shape index (κ1) is 20.9. The Morgan fingerprint density at radius 1 is 1.32 bits per heavy atom. The summed E-state index contributed by atoms with van der Waals surface area (Å²) in [5, 5.41) is 6.14. The number of carbonyl (C=O) groups excluding carboxylic acids is 1. The van der Waals surface area contributed by atoms with Crippen molar-refractivity contribution in [2.24, 2.45) is 4.99 Å². The van der Waals surface area contributed by atoms with Gasteiger partial charge in [-0.25, -0.2) is 4.39 Å². The summed E-state index contributed by atoms with van der Waals surface area (Å²) in [4.78, 5) is 18.4. The summed E-state index contributed by atoms with van der Waals surface area (Å²) in [5.74, 6) is 0.449. The zero-order valence-corrected chi connectivity index (χ0v) is 16.0. The van der Waals surface area contributed by atoms with E-state index in [1.165, 1.54) is 6.07 Å². The Kier molecular flexibility index (Phi) is 8.38. The van der Waals surface area contributed by atoms with E-state index in [0.717, 1.165) is 24.9 Å². The number of aryl methyl sites for hydroxylation is 1. The maximum absolute atomic E-state index is 13.2. The molecule has 1 amide bonds. The largest absolute Gasteiger partial charge is 0.357 e. The van der Waals surface area contributed by atoms with Gasteiger partial charge in [0.2, 0.25) is 5.91 Å². The van der Waals surface area contributed by atoms with Gasteiger partial charge in [0.05, 0.1) is 6.54 Å². The highest BCUT2D eigenvalue weighted by molar-refractivity contribution is 5.86. The second-order valence-electron chi connectivity index (χ2n) is 7.12. The normalized spacial score (nSPS) is 12.0. The van der Waals surface area contributed by atoms with Crippen LogP contribution < -0.4 is 10.6 Å². The summed E-state index contributed by atoms with van der Waals surface area (Å²) in [6, 6.07) is 6.64. The number of hydrogen-bond donors (Lipinski definition) is 2. The summed E-state index contributed by atoms with van der Waals surface area (Å²) in [6.07, 6.45) is 1.59. The van der Waals surface area contributed by atoms with E-state index in [2.05, 4.69) is 15.6 Å². The zero-order valence-electron chi connectivity index (χ0n) is 16.0. The molecular weight excluding hydrogens is 319 g/mol. The molecule has 0 unspecified atom stereocenters. The summed E-state index contributed by atoms with van der Waals surface area (Å²) in [5.41, 5.74) is 0.719. The fraction of sp³-hybridized carbons (Fsp3) is 0.579. The molecule has 140 valence electrons. The minimum absolute atomic E-state index is 0.0413. The van der Waals surface area contributed by atoms with Gasteiger partial charge < -0.3 is 15.5 Å². The van der Waals surface area contributed by atoms with E-state index in [4.69, 9.17) is 0 Å². The Morgan fingerprint density at radius 2 is 2.04 bits per heavy atom. The Hall–Kier alpha value is -2.11. The number of hydrogen-bond acceptors (Lipinski definition) is 2. The maximum Gasteiger partial charge on any atom is 0.240 e. The van der Waals surface area contributed by atoms with Gasteiger partial charge >= 0.3 is 0 Å². The van der Waals surface area contributed by atoms with Crippen LogP contribution in [0.4, 0.5) is 4.39 Å². The molecule has 0 aliphatic carbocycles. The van der Waals surface area contributed by atoms with Crippen molar-refractivity contribution in [3.05, 3.63) is 35.6 Å². The number of halogens is 1. The highest BCUT2D eigenvalue weighted by atomic mass is 19.1. The Labute approximate surface area is 150 Å². The lowest BCUT2D eigenvalue weighted by Crippen LogP contribution is -2.48. The van der Waals surface area contributed by atoms with Crippen LogP contribution in [0, 0.1) is 5.82 Å². The molecule has 6 heteroatoms. The van der Waals surface area contributed by atoms with Crippen LogP contribution in [0.3, 0.4) is 0 Å². The van der Waals surface area contributed by atoms with E-state index in [-0.39, 0.29) is 23.8 Å². The fourth-order valence-corrected chi connectivity index (χ4v) is 2.38. The van der Waals surface area contributed by atoms with Gasteiger partial charge in [-0.15, -0.1) is 0 Å². The van der Waals surface area contributed by atoms with Crippen molar-refractivity contribution in [1.82, 2.24) is 15.5 Å². The number of nitrogens with one attached hydrogen (secondary N) is 2. The molecule has 2 N–H and O–H groups in total. The third-order valence-electron chi connectivity index (χ3n) is 3.37. The van der Waals surface area contributed by atoms with Crippen LogP contribution in [0.25, 0.3) is 0 Å². The first-order valence-electron chi connectivity index (χ1n) is 8.76. The van der Waals surface area contributed by atoms with E-state index in [9.17, 15) is 9.18 Å². The monoisotopic (exact) mass is 350 g/mol. The van der Waals surface area contributed by atoms with E-state index >= 15 is 0 Å². The molecule has 1 aromatic carbocycles. The molecule has 0 aliphatic heterocycles. The average Bonchev–Trinajstić information content (AvgIpc) is 2.48. The number of rotatable bonds is 7. The van der Waals surface area contributed by atoms with Crippen LogP contribution in [0.2, 0.25) is 0 Å². The molecule has 25 heavy (non-hydrogen) atoms. The minimum Gasteiger partial charge on any atom is -0.357 e. The lowest BCUT2D eigenvalue weighted by atomic mass is 10.1. The predicted octanol–water partition coefficient (Wildman–Crippen LogP) is 2.57. The van der Waals surface area contributed by atoms with Crippen molar-refractivity contribution in [2.75, 3.05) is 26.7 Å². The number of carbonyl (C=O) groups is 1. The molecule has 0 heterocycles. The zero-order chi connectivity index (χ0) is 18.9. The molecule has 0 spiro atoms. The van der Waals surface area contributed by atoms with Gasteiger partial charge in [0, 0.05) is 25.7 Å². The first-order valence-corrected chi connectivity index (χ1v) is 8.76. The Balaban J connectivity index is 2.53. The number of guanidine groups is 1. The van der Waals surface area contributed by atoms with Crippen molar-refractivity contribution in [1.29, 1.82) is 0 Å². The standard InChI is InChI=1S/C19H31FN4O/c1-6-21-18(24(5)14-17(25)23-19(2,3)4)22-12-8-10-15-9-7-11-16(20)13-15/h7,9,11,13H,6,8,10,12,14H2,1-5H3,(H,21,22)(H,23,25). The van der Waals surface area contributed by atoms with Gasteiger partial charge in [0.15, 0.2) is 5.96 Å². The third kappa shape index (κ3) is 9.08. The summed E-state index contributed by atoms with van der Waals surface area (Å²) < 4.78 is 13.2. The van der Waals surface area contributed by atoms with Gasteiger partial charge in [-0.2, -0.15) is 0 Å². The number of likely N-dealkylation sites (N-methyl/N-ethyl adjacent to an activating group) is 1. The SMILES string of the molecule is CCNC(=NCCCc1cccc(F)c1)N(C)CC(=O)NC(C)(C)C. The lowest BCUT2D eigenvalue weighted by molar-refractivity contribution is -0.122. The number of nitrogens with zero attached hydrogens (tertiary/aromatic N) is 2. The van der Waals surface area contributed by atoms with Crippen LogP contribution in [0.5, 0.6) is 0 Å². The molecule has 5 nitrogen and oxygen atoms in total. The number of aliphatic imine (C=N–C) groups is 1. The molecule has 0 bridgehead atoms. The van der Waals surface area contributed by atoms with Crippen LogP contribution in [-0.4, -0.2) is 49.0 Å². The fourth-order valence-electron chi connectivity index (χ4n) is 2.38. The van der Waals surface area contributed by atoms with E-state index in [1.54, 1.807) is 12.1 Å². The second-order valence-corrected chi connectivity index (χ2v) is 7.12. The van der Waals surface area contributed by atoms with Crippen molar-refractivity contribution in [2.45, 2.75) is 46.1 Å². The number of benzene rings is 1. The second kappa shape index (κ2) is 10.0. The third-order valence-corrected chi connectivity index (χ3v) is 3.37. The smallest absolute Gasteiger partial charge is 0.240 e. The highest BCUT2D eigenvalue weighted by Crippen LogP contribution is 2.06. The first-order chi connectivity index (χ1) is 11.7. The maximum atomic E-state index is 13.2. The molecule has 1 aromatic rings. The Morgan fingerprint density at radius 3 is 2.64 bits per heavy atom. The summed E-state index contributed by atoms with van der Waals surface area (Å²) in [6.45, 7) is 9.44. The van der Waals surface area contributed by atoms with Crippen molar-refractivity contribution in [3.63, 3.8) is 0 Å². The van der Waals surface area contributed by atoms with Gasteiger partial charge in [0.1, 0.15) is 5.82 Å². The van der Waals surface area contributed by atoms with Crippen LogP contribution in [-0.2, 0) is 11.2 Å². The minimum atomic E-state index is -0.252.